The van der Waals surface area contributed by atoms with Gasteiger partial charge < -0.3 is 0 Å². The topological polar surface area (TPSA) is 0 Å². The Morgan fingerprint density at radius 1 is 1.35 bits per heavy atom. The van der Waals surface area contributed by atoms with Gasteiger partial charge in [-0.25, -0.2) is 4.39 Å². The average Bonchev–Trinajstić information content (AvgIpc) is 2.29. The van der Waals surface area contributed by atoms with Gasteiger partial charge in [0.15, 0.2) is 0 Å². The minimum absolute atomic E-state index is 0.121. The molecule has 0 spiro atoms. The van der Waals surface area contributed by atoms with Crippen LogP contribution in [-0.4, -0.2) is 0 Å². The maximum atomic E-state index is 13.2. The van der Waals surface area contributed by atoms with E-state index >= 15 is 0 Å². The minimum Gasteiger partial charge on any atom is -0.207 e. The highest BCUT2D eigenvalue weighted by Gasteiger charge is 2.50. The second-order valence-electron chi connectivity index (χ2n) is 6.13. The molecule has 0 N–H and O–H groups in total. The van der Waals surface area contributed by atoms with Crippen LogP contribution in [0.1, 0.15) is 32.3 Å². The summed E-state index contributed by atoms with van der Waals surface area (Å²) in [6.45, 7) is 4.76. The normalized spacial score (nSPS) is 29.5. The predicted molar refractivity (Wildman–Crippen MR) is 68.2 cm³/mol. The third kappa shape index (κ3) is 1.72. The Morgan fingerprint density at radius 2 is 2.18 bits per heavy atom. The van der Waals surface area contributed by atoms with E-state index in [1.54, 1.807) is 6.07 Å². The van der Waals surface area contributed by atoms with Gasteiger partial charge in [-0.05, 0) is 54.2 Å². The maximum Gasteiger partial charge on any atom is 0.123 e. The van der Waals surface area contributed by atoms with Crippen LogP contribution >= 0.6 is 0 Å². The summed E-state index contributed by atoms with van der Waals surface area (Å²) < 4.78 is 13.2. The fraction of sp³-hybridized carbons (Fsp3) is 0.500. The molecule has 0 aliphatic heterocycles. The first-order valence-electron chi connectivity index (χ1n) is 6.51. The van der Waals surface area contributed by atoms with E-state index in [9.17, 15) is 4.39 Å². The zero-order valence-electron chi connectivity index (χ0n) is 10.5. The lowest BCUT2D eigenvalue weighted by molar-refractivity contribution is -0.00742. The van der Waals surface area contributed by atoms with Crippen molar-refractivity contribution < 1.29 is 4.39 Å². The molecule has 4 rings (SSSR count). The van der Waals surface area contributed by atoms with Crippen molar-refractivity contribution >= 4 is 0 Å². The zero-order chi connectivity index (χ0) is 12.0. The van der Waals surface area contributed by atoms with E-state index in [4.69, 9.17) is 0 Å². The molecule has 0 heterocycles. The maximum absolute atomic E-state index is 13.2. The largest absolute Gasteiger partial charge is 0.207 e. The van der Waals surface area contributed by atoms with Crippen LogP contribution in [0.4, 0.5) is 4.39 Å². The number of hydrogen-bond acceptors (Lipinski definition) is 0. The third-order valence-electron chi connectivity index (χ3n) is 4.88. The number of rotatable bonds is 2. The molecule has 0 unspecified atom stereocenters. The van der Waals surface area contributed by atoms with E-state index in [0.29, 0.717) is 5.41 Å². The van der Waals surface area contributed by atoms with Crippen LogP contribution in [-0.2, 0) is 6.42 Å². The highest BCUT2D eigenvalue weighted by atomic mass is 19.1. The van der Waals surface area contributed by atoms with Gasteiger partial charge in [0, 0.05) is 0 Å². The van der Waals surface area contributed by atoms with Crippen molar-refractivity contribution in [3.63, 3.8) is 0 Å². The molecule has 90 valence electrons. The molecule has 1 saturated carbocycles. The van der Waals surface area contributed by atoms with Crippen LogP contribution in [0.5, 0.6) is 0 Å². The predicted octanol–water partition coefficient (Wildman–Crippen LogP) is 4.36. The van der Waals surface area contributed by atoms with E-state index in [1.165, 1.54) is 24.5 Å². The second kappa shape index (κ2) is 3.69. The first-order chi connectivity index (χ1) is 8.07. The molecule has 0 amide bonds. The molecular weight excluding hydrogens is 211 g/mol. The number of benzene rings is 1. The lowest BCUT2D eigenvalue weighted by Crippen LogP contribution is -2.48. The van der Waals surface area contributed by atoms with Gasteiger partial charge in [-0.15, -0.1) is 0 Å². The molecule has 0 radical (unpaired) electrons. The molecule has 3 aliphatic rings. The first kappa shape index (κ1) is 11.0. The molecular formula is C16H19F. The Balaban J connectivity index is 1.81. The molecule has 0 nitrogen and oxygen atoms in total. The molecule has 0 aromatic heterocycles. The van der Waals surface area contributed by atoms with Gasteiger partial charge in [0.2, 0.25) is 0 Å². The van der Waals surface area contributed by atoms with Crippen LogP contribution in [0.3, 0.4) is 0 Å². The third-order valence-corrected chi connectivity index (χ3v) is 4.88. The Morgan fingerprint density at radius 3 is 2.82 bits per heavy atom. The summed E-state index contributed by atoms with van der Waals surface area (Å²) in [7, 11) is 0. The standard InChI is InChI=1S/C16H19F/c1-16(2)13-7-6-12(15(16)10-13)8-11-4-3-5-14(17)9-11/h3-6,9,13,15H,7-8,10H2,1-2H3/t13-,15-/m0/s1. The summed E-state index contributed by atoms with van der Waals surface area (Å²) >= 11 is 0. The van der Waals surface area contributed by atoms with E-state index in [1.807, 2.05) is 12.1 Å². The van der Waals surface area contributed by atoms with Crippen molar-refractivity contribution in [2.24, 2.45) is 17.3 Å². The lowest BCUT2D eigenvalue weighted by Gasteiger charge is -2.56. The molecule has 0 saturated heterocycles. The van der Waals surface area contributed by atoms with Gasteiger partial charge >= 0.3 is 0 Å². The van der Waals surface area contributed by atoms with E-state index in [2.05, 4.69) is 19.9 Å². The van der Waals surface area contributed by atoms with Crippen LogP contribution in [0.2, 0.25) is 0 Å². The van der Waals surface area contributed by atoms with Crippen molar-refractivity contribution in [3.8, 4) is 0 Å². The van der Waals surface area contributed by atoms with Crippen LogP contribution in [0.15, 0.2) is 35.9 Å². The van der Waals surface area contributed by atoms with Crippen LogP contribution in [0.25, 0.3) is 0 Å². The summed E-state index contributed by atoms with van der Waals surface area (Å²) in [5.74, 6) is 1.48. The van der Waals surface area contributed by atoms with Gasteiger partial charge in [-0.1, -0.05) is 37.6 Å². The van der Waals surface area contributed by atoms with E-state index in [-0.39, 0.29) is 5.82 Å². The summed E-state index contributed by atoms with van der Waals surface area (Å²) in [6.07, 6.45) is 5.88. The second-order valence-corrected chi connectivity index (χ2v) is 6.13. The molecule has 17 heavy (non-hydrogen) atoms. The molecule has 1 aromatic rings. The molecule has 1 aromatic carbocycles. The van der Waals surface area contributed by atoms with Crippen molar-refractivity contribution in [1.82, 2.24) is 0 Å². The first-order valence-corrected chi connectivity index (χ1v) is 6.51. The minimum atomic E-state index is -0.121. The number of hydrogen-bond donors (Lipinski definition) is 0. The van der Waals surface area contributed by atoms with Gasteiger partial charge in [0.1, 0.15) is 5.82 Å². The van der Waals surface area contributed by atoms with Gasteiger partial charge in [-0.3, -0.25) is 0 Å². The monoisotopic (exact) mass is 230 g/mol. The summed E-state index contributed by atoms with van der Waals surface area (Å²) in [5.41, 5.74) is 3.11. The quantitative estimate of drug-likeness (QED) is 0.662. The van der Waals surface area contributed by atoms with Gasteiger partial charge in [-0.2, -0.15) is 0 Å². The van der Waals surface area contributed by atoms with Crippen LogP contribution < -0.4 is 0 Å². The fourth-order valence-electron chi connectivity index (χ4n) is 3.56. The number of fused-ring (bicyclic) bond motifs is 1. The Hall–Kier alpha value is -1.11. The van der Waals surface area contributed by atoms with Crippen molar-refractivity contribution in [2.45, 2.75) is 33.1 Å². The summed E-state index contributed by atoms with van der Waals surface area (Å²) in [5, 5.41) is 0. The highest BCUT2D eigenvalue weighted by molar-refractivity contribution is 5.30. The Labute approximate surface area is 103 Å². The molecule has 3 aliphatic carbocycles. The van der Waals surface area contributed by atoms with Crippen molar-refractivity contribution in [2.75, 3.05) is 0 Å². The van der Waals surface area contributed by atoms with Crippen molar-refractivity contribution in [3.05, 3.63) is 47.3 Å². The van der Waals surface area contributed by atoms with Gasteiger partial charge in [0.05, 0.1) is 0 Å². The molecule has 2 bridgehead atoms. The highest BCUT2D eigenvalue weighted by Crippen LogP contribution is 2.59. The van der Waals surface area contributed by atoms with Crippen molar-refractivity contribution in [1.29, 1.82) is 0 Å². The van der Waals surface area contributed by atoms with E-state index < -0.39 is 0 Å². The fourth-order valence-corrected chi connectivity index (χ4v) is 3.56. The van der Waals surface area contributed by atoms with Gasteiger partial charge in [0.25, 0.3) is 0 Å². The summed E-state index contributed by atoms with van der Waals surface area (Å²) in [4.78, 5) is 0. The molecule has 2 atom stereocenters. The lowest BCUT2D eigenvalue weighted by atomic mass is 9.48. The van der Waals surface area contributed by atoms with E-state index in [0.717, 1.165) is 23.8 Å². The Bertz CT molecular complexity index is 470. The smallest absolute Gasteiger partial charge is 0.123 e. The number of allylic oxidation sites excluding steroid dienone is 2. The van der Waals surface area contributed by atoms with Crippen LogP contribution in [0, 0.1) is 23.1 Å². The Kier molecular flexibility index (Phi) is 2.39. The summed E-state index contributed by atoms with van der Waals surface area (Å²) in [6, 6.07) is 7.02. The average molecular weight is 230 g/mol. The SMILES string of the molecule is CC1(C)[C@H]2CC=C(Cc3cccc(F)c3)[C@@H]1C2. The molecule has 1 heteroatoms. The zero-order valence-corrected chi connectivity index (χ0v) is 10.5. The number of halogens is 1. The molecule has 1 fully saturated rings.